The van der Waals surface area contributed by atoms with E-state index in [4.69, 9.17) is 5.73 Å². The molecule has 2 N–H and O–H groups in total. The van der Waals surface area contributed by atoms with Gasteiger partial charge in [-0.25, -0.2) is 9.37 Å². The lowest BCUT2D eigenvalue weighted by molar-refractivity contribution is 0.625. The molecule has 0 aliphatic heterocycles. The number of nitrogen functional groups attached to an aromatic ring is 1. The Bertz CT molecular complexity index is 707. The number of nitrogens with zero attached hydrogens (tertiary/aromatic N) is 4. The second kappa shape index (κ2) is 4.06. The minimum absolute atomic E-state index is 0.262. The van der Waals surface area contributed by atoms with Crippen molar-refractivity contribution in [1.29, 1.82) is 0 Å². The van der Waals surface area contributed by atoms with Crippen molar-refractivity contribution in [2.24, 2.45) is 0 Å². The van der Waals surface area contributed by atoms with Crippen molar-refractivity contribution in [3.05, 3.63) is 53.9 Å². The minimum Gasteiger partial charge on any atom is -0.381 e. The molecular weight excluding hydrogens is 233 g/mol. The molecule has 0 amide bonds. The Labute approximate surface area is 102 Å². The van der Waals surface area contributed by atoms with E-state index in [2.05, 4.69) is 15.2 Å². The van der Waals surface area contributed by atoms with E-state index >= 15 is 0 Å². The van der Waals surface area contributed by atoms with Crippen LogP contribution in [0.15, 0.2) is 36.7 Å². The molecule has 1 aromatic carbocycles. The van der Waals surface area contributed by atoms with Crippen LogP contribution in [0.25, 0.3) is 5.65 Å². The van der Waals surface area contributed by atoms with Crippen molar-refractivity contribution in [2.75, 3.05) is 5.73 Å². The summed E-state index contributed by atoms with van der Waals surface area (Å²) in [5, 5.41) is 8.02. The summed E-state index contributed by atoms with van der Waals surface area (Å²) in [5.41, 5.74) is 7.04. The Balaban J connectivity index is 2.03. The molecule has 0 aliphatic carbocycles. The molecule has 5 nitrogen and oxygen atoms in total. The van der Waals surface area contributed by atoms with Gasteiger partial charge >= 0.3 is 0 Å². The molecule has 3 rings (SSSR count). The van der Waals surface area contributed by atoms with Gasteiger partial charge in [-0.3, -0.25) is 4.40 Å². The van der Waals surface area contributed by atoms with Gasteiger partial charge in [-0.2, -0.15) is 0 Å². The number of halogens is 1. The van der Waals surface area contributed by atoms with Gasteiger partial charge < -0.3 is 5.73 Å². The lowest BCUT2D eigenvalue weighted by Crippen LogP contribution is -1.99. The van der Waals surface area contributed by atoms with Crippen molar-refractivity contribution in [3.8, 4) is 0 Å². The normalized spacial score (nSPS) is 10.9. The fourth-order valence-electron chi connectivity index (χ4n) is 1.84. The highest BCUT2D eigenvalue weighted by molar-refractivity contribution is 5.58. The summed E-state index contributed by atoms with van der Waals surface area (Å²) in [5.74, 6) is 0.766. The molecule has 0 saturated carbocycles. The average molecular weight is 243 g/mol. The molecule has 0 aliphatic rings. The fourth-order valence-corrected chi connectivity index (χ4v) is 1.84. The first kappa shape index (κ1) is 10.6. The molecule has 2 aromatic heterocycles. The zero-order chi connectivity index (χ0) is 12.5. The summed E-state index contributed by atoms with van der Waals surface area (Å²) in [4.78, 5) is 3.94. The van der Waals surface area contributed by atoms with Crippen LogP contribution in [0.5, 0.6) is 0 Å². The maximum absolute atomic E-state index is 13.1. The van der Waals surface area contributed by atoms with Gasteiger partial charge in [-0.1, -0.05) is 12.1 Å². The number of nitrogens with two attached hydrogens (primary N) is 1. The Kier molecular flexibility index (Phi) is 2.40. The number of benzene rings is 1. The van der Waals surface area contributed by atoms with E-state index in [0.29, 0.717) is 23.7 Å². The molecule has 0 spiro atoms. The third-order valence-electron chi connectivity index (χ3n) is 2.68. The molecule has 90 valence electrons. The van der Waals surface area contributed by atoms with E-state index < -0.39 is 0 Å². The topological polar surface area (TPSA) is 69.1 Å². The second-order valence-electron chi connectivity index (χ2n) is 3.93. The Hall–Kier alpha value is -2.50. The van der Waals surface area contributed by atoms with Gasteiger partial charge in [0.1, 0.15) is 11.6 Å². The third kappa shape index (κ3) is 1.77. The quantitative estimate of drug-likeness (QED) is 0.739. The highest BCUT2D eigenvalue weighted by atomic mass is 19.1. The number of rotatable bonds is 2. The summed E-state index contributed by atoms with van der Waals surface area (Å²) < 4.78 is 14.9. The highest BCUT2D eigenvalue weighted by Crippen LogP contribution is 2.13. The third-order valence-corrected chi connectivity index (χ3v) is 2.68. The van der Waals surface area contributed by atoms with Crippen molar-refractivity contribution in [2.45, 2.75) is 6.42 Å². The molecule has 18 heavy (non-hydrogen) atoms. The van der Waals surface area contributed by atoms with E-state index in [1.54, 1.807) is 22.9 Å². The number of anilines is 1. The van der Waals surface area contributed by atoms with Gasteiger partial charge in [-0.15, -0.1) is 10.2 Å². The van der Waals surface area contributed by atoms with E-state index in [1.165, 1.54) is 12.1 Å². The van der Waals surface area contributed by atoms with E-state index in [1.807, 2.05) is 6.07 Å². The van der Waals surface area contributed by atoms with Gasteiger partial charge in [0, 0.05) is 18.8 Å². The van der Waals surface area contributed by atoms with Gasteiger partial charge in [0.15, 0.2) is 5.82 Å². The molecular formula is C12H10FN5. The van der Waals surface area contributed by atoms with Gasteiger partial charge in [-0.05, 0) is 17.7 Å². The smallest absolute Gasteiger partial charge is 0.203 e. The molecule has 3 aromatic rings. The molecule has 0 bridgehead atoms. The van der Waals surface area contributed by atoms with Crippen LogP contribution in [0.4, 0.5) is 10.2 Å². The van der Waals surface area contributed by atoms with Crippen molar-refractivity contribution in [1.82, 2.24) is 19.6 Å². The number of hydrogen-bond acceptors (Lipinski definition) is 4. The largest absolute Gasteiger partial charge is 0.381 e. The van der Waals surface area contributed by atoms with Crippen LogP contribution >= 0.6 is 0 Å². The maximum atomic E-state index is 13.1. The predicted octanol–water partition coefficient (Wildman–Crippen LogP) is 1.44. The first-order valence-electron chi connectivity index (χ1n) is 5.42. The number of aromatic nitrogens is 4. The fraction of sp³-hybridized carbons (Fsp3) is 0.0833. The lowest BCUT2D eigenvalue weighted by Gasteiger charge is -2.01. The summed E-state index contributed by atoms with van der Waals surface area (Å²) in [6.45, 7) is 0. The first-order valence-corrected chi connectivity index (χ1v) is 5.42. The summed E-state index contributed by atoms with van der Waals surface area (Å²) in [7, 11) is 0. The molecule has 0 radical (unpaired) electrons. The molecule has 0 fully saturated rings. The summed E-state index contributed by atoms with van der Waals surface area (Å²) >= 11 is 0. The summed E-state index contributed by atoms with van der Waals surface area (Å²) in [6, 6.07) is 6.40. The van der Waals surface area contributed by atoms with Crippen molar-refractivity contribution < 1.29 is 4.39 Å². The zero-order valence-corrected chi connectivity index (χ0v) is 9.42. The number of hydrogen-bond donors (Lipinski definition) is 1. The van der Waals surface area contributed by atoms with Crippen LogP contribution in [0.2, 0.25) is 0 Å². The van der Waals surface area contributed by atoms with Crippen molar-refractivity contribution >= 4 is 11.5 Å². The Morgan fingerprint density at radius 3 is 3.00 bits per heavy atom. The SMILES string of the molecule is Nc1nccn2c(Cc3cccc(F)c3)nnc12. The van der Waals surface area contributed by atoms with E-state index in [9.17, 15) is 4.39 Å². The van der Waals surface area contributed by atoms with Gasteiger partial charge in [0.2, 0.25) is 5.65 Å². The Morgan fingerprint density at radius 1 is 1.28 bits per heavy atom. The van der Waals surface area contributed by atoms with Crippen LogP contribution in [0, 0.1) is 5.82 Å². The average Bonchev–Trinajstić information content (AvgIpc) is 2.74. The van der Waals surface area contributed by atoms with E-state index in [0.717, 1.165) is 5.56 Å². The molecule has 6 heteroatoms. The van der Waals surface area contributed by atoms with Gasteiger partial charge in [0.05, 0.1) is 0 Å². The first-order chi connectivity index (χ1) is 8.74. The summed E-state index contributed by atoms with van der Waals surface area (Å²) in [6.07, 6.45) is 3.81. The van der Waals surface area contributed by atoms with Crippen LogP contribution in [-0.2, 0) is 6.42 Å². The number of fused-ring (bicyclic) bond motifs is 1. The second-order valence-corrected chi connectivity index (χ2v) is 3.93. The van der Waals surface area contributed by atoms with E-state index in [-0.39, 0.29) is 5.82 Å². The van der Waals surface area contributed by atoms with Gasteiger partial charge in [0.25, 0.3) is 0 Å². The predicted molar refractivity (Wildman–Crippen MR) is 64.4 cm³/mol. The maximum Gasteiger partial charge on any atom is 0.203 e. The standard InChI is InChI=1S/C12H10FN5/c13-9-3-1-2-8(6-9)7-10-16-17-12-11(14)15-4-5-18(10)12/h1-6H,7H2,(H2,14,15). The molecule has 0 atom stereocenters. The van der Waals surface area contributed by atoms with Crippen molar-refractivity contribution in [3.63, 3.8) is 0 Å². The lowest BCUT2D eigenvalue weighted by atomic mass is 10.1. The van der Waals surface area contributed by atoms with Crippen LogP contribution in [-0.4, -0.2) is 19.6 Å². The molecule has 0 saturated heterocycles. The minimum atomic E-state index is -0.262. The van der Waals surface area contributed by atoms with Crippen LogP contribution < -0.4 is 5.73 Å². The van der Waals surface area contributed by atoms with Crippen LogP contribution in [0.1, 0.15) is 11.4 Å². The Morgan fingerprint density at radius 2 is 2.17 bits per heavy atom. The van der Waals surface area contributed by atoms with Crippen LogP contribution in [0.3, 0.4) is 0 Å². The highest BCUT2D eigenvalue weighted by Gasteiger charge is 2.09. The molecule has 2 heterocycles. The monoisotopic (exact) mass is 243 g/mol. The zero-order valence-electron chi connectivity index (χ0n) is 9.42. The molecule has 0 unspecified atom stereocenters.